The quantitative estimate of drug-likeness (QED) is 0.800. The first-order valence-electron chi connectivity index (χ1n) is 5.93. The van der Waals surface area contributed by atoms with E-state index >= 15 is 0 Å². The molecule has 0 bridgehead atoms. The van der Waals surface area contributed by atoms with Gasteiger partial charge in [-0.05, 0) is 31.2 Å². The Morgan fingerprint density at radius 1 is 1.50 bits per heavy atom. The van der Waals surface area contributed by atoms with E-state index in [9.17, 15) is 4.79 Å². The molecule has 98 valence electrons. The van der Waals surface area contributed by atoms with Gasteiger partial charge in [0.05, 0.1) is 18.5 Å². The molecule has 3 nitrogen and oxygen atoms in total. The Morgan fingerprint density at radius 3 is 2.89 bits per heavy atom. The highest BCUT2D eigenvalue weighted by atomic mass is 35.5. The van der Waals surface area contributed by atoms with Crippen LogP contribution in [0.4, 0.5) is 0 Å². The summed E-state index contributed by atoms with van der Waals surface area (Å²) in [5, 5.41) is 0.715. The number of amides is 1. The van der Waals surface area contributed by atoms with E-state index < -0.39 is 0 Å². The zero-order valence-corrected chi connectivity index (χ0v) is 11.8. The van der Waals surface area contributed by atoms with Gasteiger partial charge in [-0.2, -0.15) is 0 Å². The monoisotopic (exact) mass is 285 g/mol. The fourth-order valence-corrected chi connectivity index (χ4v) is 2.74. The molecule has 0 radical (unpaired) electrons. The number of thioether (sulfide) groups is 1. The van der Waals surface area contributed by atoms with Crippen molar-refractivity contribution in [2.24, 2.45) is 0 Å². The molecular weight excluding hydrogens is 270 g/mol. The van der Waals surface area contributed by atoms with E-state index in [-0.39, 0.29) is 12.0 Å². The van der Waals surface area contributed by atoms with Crippen LogP contribution in [0.5, 0.6) is 0 Å². The zero-order valence-electron chi connectivity index (χ0n) is 10.3. The average Bonchev–Trinajstić information content (AvgIpc) is 2.38. The Morgan fingerprint density at radius 2 is 2.22 bits per heavy atom. The summed E-state index contributed by atoms with van der Waals surface area (Å²) in [4.78, 5) is 14.9. The van der Waals surface area contributed by atoms with Crippen molar-refractivity contribution in [1.82, 2.24) is 4.90 Å². The topological polar surface area (TPSA) is 29.5 Å². The second kappa shape index (κ2) is 6.45. The molecule has 5 heteroatoms. The smallest absolute Gasteiger partial charge is 0.233 e. The molecule has 0 spiro atoms. The minimum atomic E-state index is 0.142. The van der Waals surface area contributed by atoms with Crippen LogP contribution < -0.4 is 0 Å². The number of nitrogens with zero attached hydrogens (tertiary/aromatic N) is 1. The van der Waals surface area contributed by atoms with Crippen molar-refractivity contribution in [2.75, 3.05) is 25.4 Å². The predicted octanol–water partition coefficient (Wildman–Crippen LogP) is 2.68. The molecule has 1 aliphatic heterocycles. The maximum atomic E-state index is 12.0. The normalized spacial score (nSPS) is 19.9. The van der Waals surface area contributed by atoms with E-state index in [2.05, 4.69) is 0 Å². The summed E-state index contributed by atoms with van der Waals surface area (Å²) in [5.41, 5.74) is 0. The van der Waals surface area contributed by atoms with Crippen LogP contribution >= 0.6 is 23.4 Å². The minimum absolute atomic E-state index is 0.142. The molecule has 1 atom stereocenters. The number of hydrogen-bond acceptors (Lipinski definition) is 3. The molecule has 0 N–H and O–H groups in total. The number of benzene rings is 1. The summed E-state index contributed by atoms with van der Waals surface area (Å²) in [6.45, 7) is 4.02. The molecule has 1 unspecified atom stereocenters. The van der Waals surface area contributed by atoms with E-state index in [0.29, 0.717) is 30.5 Å². The second-order valence-electron chi connectivity index (χ2n) is 4.26. The van der Waals surface area contributed by atoms with Gasteiger partial charge in [0.15, 0.2) is 0 Å². The molecule has 2 rings (SSSR count). The molecule has 1 aliphatic rings. The lowest BCUT2D eigenvalue weighted by atomic mass is 10.3. The standard InChI is InChI=1S/C13H16ClNO2S/c1-10-8-15(6-7-17-10)13(16)9-18-12-4-2-11(14)3-5-12/h2-5,10H,6-9H2,1H3. The second-order valence-corrected chi connectivity index (χ2v) is 5.75. The lowest BCUT2D eigenvalue weighted by Gasteiger charge is -2.31. The van der Waals surface area contributed by atoms with Crippen molar-refractivity contribution in [1.29, 1.82) is 0 Å². The first-order chi connectivity index (χ1) is 8.65. The fraction of sp³-hybridized carbons (Fsp3) is 0.462. The van der Waals surface area contributed by atoms with Gasteiger partial charge < -0.3 is 9.64 Å². The van der Waals surface area contributed by atoms with Gasteiger partial charge in [0, 0.05) is 23.0 Å². The molecule has 1 fully saturated rings. The lowest BCUT2D eigenvalue weighted by Crippen LogP contribution is -2.45. The van der Waals surface area contributed by atoms with Crippen LogP contribution in [0.25, 0.3) is 0 Å². The van der Waals surface area contributed by atoms with Crippen molar-refractivity contribution in [3.05, 3.63) is 29.3 Å². The van der Waals surface area contributed by atoms with Crippen molar-refractivity contribution in [3.63, 3.8) is 0 Å². The first kappa shape index (κ1) is 13.7. The highest BCUT2D eigenvalue weighted by molar-refractivity contribution is 8.00. The third-order valence-electron chi connectivity index (χ3n) is 2.77. The van der Waals surface area contributed by atoms with Gasteiger partial charge >= 0.3 is 0 Å². The van der Waals surface area contributed by atoms with Gasteiger partial charge in [-0.25, -0.2) is 0 Å². The number of carbonyl (C=O) groups is 1. The van der Waals surface area contributed by atoms with Crippen LogP contribution in [0.1, 0.15) is 6.92 Å². The summed E-state index contributed by atoms with van der Waals surface area (Å²) >= 11 is 7.36. The SMILES string of the molecule is CC1CN(C(=O)CSc2ccc(Cl)cc2)CCO1. The predicted molar refractivity (Wildman–Crippen MR) is 74.2 cm³/mol. The van der Waals surface area contributed by atoms with Crippen molar-refractivity contribution < 1.29 is 9.53 Å². The van der Waals surface area contributed by atoms with E-state index in [0.717, 1.165) is 4.90 Å². The molecule has 18 heavy (non-hydrogen) atoms. The molecule has 1 aromatic rings. The molecule has 0 aliphatic carbocycles. The van der Waals surface area contributed by atoms with Crippen LogP contribution in [-0.4, -0.2) is 42.4 Å². The van der Waals surface area contributed by atoms with Crippen LogP contribution in [0.3, 0.4) is 0 Å². The van der Waals surface area contributed by atoms with Crippen molar-refractivity contribution in [2.45, 2.75) is 17.9 Å². The number of ether oxygens (including phenoxy) is 1. The fourth-order valence-electron chi connectivity index (χ4n) is 1.81. The Bertz CT molecular complexity index is 410. The Balaban J connectivity index is 1.82. The third kappa shape index (κ3) is 3.90. The number of morpholine rings is 1. The van der Waals surface area contributed by atoms with E-state index in [1.54, 1.807) is 11.8 Å². The maximum absolute atomic E-state index is 12.0. The molecule has 1 aromatic carbocycles. The van der Waals surface area contributed by atoms with Gasteiger partial charge in [-0.1, -0.05) is 11.6 Å². The Labute approximate surface area is 116 Å². The van der Waals surface area contributed by atoms with E-state index in [1.807, 2.05) is 36.1 Å². The number of rotatable bonds is 3. The van der Waals surface area contributed by atoms with Crippen molar-refractivity contribution in [3.8, 4) is 0 Å². The summed E-state index contributed by atoms with van der Waals surface area (Å²) in [7, 11) is 0. The van der Waals surface area contributed by atoms with Gasteiger partial charge in [-0.3, -0.25) is 4.79 Å². The van der Waals surface area contributed by atoms with Crippen LogP contribution in [0.15, 0.2) is 29.2 Å². The van der Waals surface area contributed by atoms with E-state index in [4.69, 9.17) is 16.3 Å². The molecule has 0 saturated carbocycles. The van der Waals surface area contributed by atoms with Crippen LogP contribution in [-0.2, 0) is 9.53 Å². The Kier molecular flexibility index (Phi) is 4.92. The maximum Gasteiger partial charge on any atom is 0.233 e. The lowest BCUT2D eigenvalue weighted by molar-refractivity contribution is -0.135. The summed E-state index contributed by atoms with van der Waals surface area (Å²) in [6, 6.07) is 7.54. The number of hydrogen-bond donors (Lipinski definition) is 0. The van der Waals surface area contributed by atoms with Crippen LogP contribution in [0, 0.1) is 0 Å². The number of carbonyl (C=O) groups excluding carboxylic acids is 1. The van der Waals surface area contributed by atoms with Gasteiger partial charge in [0.25, 0.3) is 0 Å². The summed E-state index contributed by atoms with van der Waals surface area (Å²) < 4.78 is 5.42. The molecule has 1 saturated heterocycles. The average molecular weight is 286 g/mol. The highest BCUT2D eigenvalue weighted by Crippen LogP contribution is 2.21. The number of halogens is 1. The van der Waals surface area contributed by atoms with Gasteiger partial charge in [-0.15, -0.1) is 11.8 Å². The zero-order chi connectivity index (χ0) is 13.0. The third-order valence-corrected chi connectivity index (χ3v) is 4.02. The van der Waals surface area contributed by atoms with Gasteiger partial charge in [0.2, 0.25) is 5.91 Å². The molecule has 0 aromatic heterocycles. The summed E-state index contributed by atoms with van der Waals surface area (Å²) in [5.74, 6) is 0.638. The van der Waals surface area contributed by atoms with Crippen molar-refractivity contribution >= 4 is 29.3 Å². The highest BCUT2D eigenvalue weighted by Gasteiger charge is 2.21. The molecular formula is C13H16ClNO2S. The molecule has 1 amide bonds. The largest absolute Gasteiger partial charge is 0.375 e. The first-order valence-corrected chi connectivity index (χ1v) is 7.29. The summed E-state index contributed by atoms with van der Waals surface area (Å²) in [6.07, 6.45) is 0.142. The van der Waals surface area contributed by atoms with E-state index in [1.165, 1.54) is 0 Å². The molecule has 1 heterocycles. The van der Waals surface area contributed by atoms with Crippen LogP contribution in [0.2, 0.25) is 5.02 Å². The van der Waals surface area contributed by atoms with Gasteiger partial charge in [0.1, 0.15) is 0 Å². The minimum Gasteiger partial charge on any atom is -0.375 e. The Hall–Kier alpha value is -0.710.